The molecule has 9 nitrogen and oxygen atoms in total. The molecule has 1 aromatic carbocycles. The predicted molar refractivity (Wildman–Crippen MR) is 121 cm³/mol. The van der Waals surface area contributed by atoms with E-state index in [0.29, 0.717) is 36.1 Å². The molecule has 0 saturated heterocycles. The molecule has 4 fully saturated rings. The number of esters is 1. The maximum absolute atomic E-state index is 13.6. The smallest absolute Gasteiger partial charge is 0.326 e. The lowest BCUT2D eigenvalue weighted by Crippen LogP contribution is -2.61. The number of nitrogens with zero attached hydrogens (tertiary/aromatic N) is 2. The number of aromatic nitrogens is 1. The first-order chi connectivity index (χ1) is 16.8. The van der Waals surface area contributed by atoms with Gasteiger partial charge in [0.25, 0.3) is 0 Å². The van der Waals surface area contributed by atoms with E-state index >= 15 is 0 Å². The van der Waals surface area contributed by atoms with Gasteiger partial charge in [-0.3, -0.25) is 9.59 Å². The van der Waals surface area contributed by atoms with Crippen LogP contribution in [0.2, 0.25) is 0 Å². The summed E-state index contributed by atoms with van der Waals surface area (Å²) in [7, 11) is 1.38. The van der Waals surface area contributed by atoms with Gasteiger partial charge in [0.2, 0.25) is 5.91 Å². The lowest BCUT2D eigenvalue weighted by atomic mass is 9.44. The molecule has 1 amide bonds. The van der Waals surface area contributed by atoms with Crippen molar-refractivity contribution in [1.82, 2.24) is 10.5 Å². The molecule has 2 N–H and O–H groups in total. The molecule has 4 aliphatic carbocycles. The molecule has 0 radical (unpaired) electrons. The first-order valence-corrected chi connectivity index (χ1v) is 11.8. The minimum absolute atomic E-state index is 0.0894. The van der Waals surface area contributed by atoms with Crippen LogP contribution in [0.25, 0.3) is 11.3 Å². The zero-order chi connectivity index (χ0) is 24.8. The number of benzene rings is 1. The maximum Gasteiger partial charge on any atom is 0.326 e. The van der Waals surface area contributed by atoms with Gasteiger partial charge in [-0.05, 0) is 56.4 Å². The third-order valence-electron chi connectivity index (χ3n) is 8.05. The van der Waals surface area contributed by atoms with Crippen molar-refractivity contribution in [1.29, 1.82) is 5.26 Å². The molecule has 4 aliphatic rings. The first-order valence-electron chi connectivity index (χ1n) is 11.8. The van der Waals surface area contributed by atoms with E-state index in [4.69, 9.17) is 9.26 Å². The van der Waals surface area contributed by atoms with Crippen molar-refractivity contribution in [2.45, 2.75) is 51.0 Å². The van der Waals surface area contributed by atoms with Crippen LogP contribution in [0.15, 0.2) is 34.9 Å². The summed E-state index contributed by atoms with van der Waals surface area (Å²) in [6.07, 6.45) is 4.11. The fraction of sp³-hybridized carbons (Fsp3) is 0.500. The Bertz CT molecular complexity index is 1210. The van der Waals surface area contributed by atoms with Crippen LogP contribution in [0.5, 0.6) is 0 Å². The molecule has 1 heterocycles. The second-order valence-corrected chi connectivity index (χ2v) is 10.4. The molecule has 2 aromatic rings. The number of methoxy groups -OCH3 is 1. The Balaban J connectivity index is 1.34. The van der Waals surface area contributed by atoms with Gasteiger partial charge in [0.15, 0.2) is 0 Å². The largest absolute Gasteiger partial charge is 0.480 e. The van der Waals surface area contributed by atoms with Crippen molar-refractivity contribution in [3.05, 3.63) is 41.7 Å². The topological polar surface area (TPSA) is 143 Å². The van der Waals surface area contributed by atoms with Gasteiger partial charge in [-0.1, -0.05) is 23.4 Å². The van der Waals surface area contributed by atoms with Crippen LogP contribution in [0.4, 0.5) is 0 Å². The highest BCUT2D eigenvalue weighted by molar-refractivity contribution is 5.89. The number of rotatable bonds is 7. The second kappa shape index (κ2) is 8.52. The Morgan fingerprint density at radius 2 is 1.91 bits per heavy atom. The molecule has 35 heavy (non-hydrogen) atoms. The van der Waals surface area contributed by atoms with Crippen LogP contribution >= 0.6 is 0 Å². The summed E-state index contributed by atoms with van der Waals surface area (Å²) >= 11 is 0. The Labute approximate surface area is 202 Å². The number of carboxylic acid groups (broad SMARTS) is 1. The summed E-state index contributed by atoms with van der Waals surface area (Å²) in [5, 5.41) is 25.9. The Kier molecular flexibility index (Phi) is 5.62. The van der Waals surface area contributed by atoms with E-state index < -0.39 is 22.8 Å². The highest BCUT2D eigenvalue weighted by Gasteiger charge is 2.63. The standard InChI is InChI=1S/C26H27N3O6/c1-34-24(33)26-11-15-6-16(12-26)10-25(9-15,14-26)23(32)28-21(22(30)31)8-18-7-20(29-35-18)19-5-3-2-4-17(19)13-27/h2-5,7,15-16,21H,6,8-12,14H2,1H3,(H,28,32)(H,30,31). The SMILES string of the molecule is COC(=O)C12CC3CC(CC(C(=O)NC(Cc4cc(-c5ccccc5C#N)no4)C(=O)O)(C3)C1)C2. The lowest BCUT2D eigenvalue weighted by molar-refractivity contribution is -0.182. The fourth-order valence-electron chi connectivity index (χ4n) is 7.04. The maximum atomic E-state index is 13.6. The summed E-state index contributed by atoms with van der Waals surface area (Å²) in [6, 6.07) is 9.40. The van der Waals surface area contributed by atoms with Crippen molar-refractivity contribution in [3.63, 3.8) is 0 Å². The Morgan fingerprint density at radius 3 is 2.57 bits per heavy atom. The van der Waals surface area contributed by atoms with Crippen molar-refractivity contribution < 1.29 is 28.8 Å². The third kappa shape index (κ3) is 3.97. The van der Waals surface area contributed by atoms with Crippen LogP contribution in [0.1, 0.15) is 49.8 Å². The summed E-state index contributed by atoms with van der Waals surface area (Å²) in [4.78, 5) is 38.3. The summed E-state index contributed by atoms with van der Waals surface area (Å²) in [5.74, 6) is -0.937. The Hall–Kier alpha value is -3.67. The number of nitrogens with one attached hydrogen (secondary N) is 1. The van der Waals surface area contributed by atoms with Crippen LogP contribution in [0, 0.1) is 34.0 Å². The molecular weight excluding hydrogens is 450 g/mol. The predicted octanol–water partition coefficient (Wildman–Crippen LogP) is 3.08. The van der Waals surface area contributed by atoms with Crippen LogP contribution in [-0.2, 0) is 25.5 Å². The van der Waals surface area contributed by atoms with Crippen molar-refractivity contribution in [2.75, 3.05) is 7.11 Å². The number of nitriles is 1. The third-order valence-corrected chi connectivity index (χ3v) is 8.05. The quantitative estimate of drug-likeness (QED) is 0.579. The van der Waals surface area contributed by atoms with Crippen molar-refractivity contribution >= 4 is 17.8 Å². The normalized spacial score (nSPS) is 29.3. The van der Waals surface area contributed by atoms with Crippen molar-refractivity contribution in [2.24, 2.45) is 22.7 Å². The van der Waals surface area contributed by atoms with Gasteiger partial charge >= 0.3 is 11.9 Å². The number of hydrogen-bond donors (Lipinski definition) is 2. The van der Waals surface area contributed by atoms with Gasteiger partial charge in [0.1, 0.15) is 17.5 Å². The first kappa shape index (κ1) is 23.1. The molecule has 9 heteroatoms. The molecule has 4 saturated carbocycles. The highest BCUT2D eigenvalue weighted by atomic mass is 16.5. The second-order valence-electron chi connectivity index (χ2n) is 10.4. The molecule has 3 unspecified atom stereocenters. The van der Waals surface area contributed by atoms with E-state index in [1.54, 1.807) is 30.3 Å². The van der Waals surface area contributed by atoms with E-state index in [0.717, 1.165) is 19.3 Å². The summed E-state index contributed by atoms with van der Waals surface area (Å²) < 4.78 is 10.5. The van der Waals surface area contributed by atoms with Gasteiger partial charge in [-0.2, -0.15) is 5.26 Å². The molecule has 1 aromatic heterocycles. The number of carbonyl (C=O) groups excluding carboxylic acids is 2. The number of carbonyl (C=O) groups is 3. The number of hydrogen-bond acceptors (Lipinski definition) is 7. The number of amides is 1. The molecular formula is C26H27N3O6. The summed E-state index contributed by atoms with van der Waals surface area (Å²) in [5.41, 5.74) is 0.0285. The van der Waals surface area contributed by atoms with Gasteiger partial charge in [0.05, 0.1) is 29.6 Å². The van der Waals surface area contributed by atoms with E-state index in [-0.39, 0.29) is 35.9 Å². The number of ether oxygens (including phenoxy) is 1. The van der Waals surface area contributed by atoms with Crippen LogP contribution in [0.3, 0.4) is 0 Å². The number of carboxylic acids is 1. The van der Waals surface area contributed by atoms with Gasteiger partial charge < -0.3 is 19.7 Å². The zero-order valence-corrected chi connectivity index (χ0v) is 19.5. The molecule has 182 valence electrons. The lowest BCUT2D eigenvalue weighted by Gasteiger charge is -2.59. The average molecular weight is 478 g/mol. The summed E-state index contributed by atoms with van der Waals surface area (Å²) in [6.45, 7) is 0. The van der Waals surface area contributed by atoms with Gasteiger partial charge in [-0.25, -0.2) is 4.79 Å². The van der Waals surface area contributed by atoms with Crippen LogP contribution < -0.4 is 5.32 Å². The molecule has 0 aliphatic heterocycles. The minimum Gasteiger partial charge on any atom is -0.480 e. The van der Waals surface area contributed by atoms with Crippen LogP contribution in [-0.4, -0.2) is 41.3 Å². The average Bonchev–Trinajstić information content (AvgIpc) is 3.30. The van der Waals surface area contributed by atoms with E-state index in [2.05, 4.69) is 16.5 Å². The van der Waals surface area contributed by atoms with Gasteiger partial charge in [0, 0.05) is 18.1 Å². The van der Waals surface area contributed by atoms with E-state index in [1.165, 1.54) is 7.11 Å². The molecule has 0 spiro atoms. The van der Waals surface area contributed by atoms with E-state index in [1.807, 2.05) is 0 Å². The monoisotopic (exact) mass is 477 g/mol. The molecule has 4 bridgehead atoms. The van der Waals surface area contributed by atoms with E-state index in [9.17, 15) is 24.8 Å². The number of aliphatic carboxylic acids is 1. The molecule has 3 atom stereocenters. The molecule has 6 rings (SSSR count). The van der Waals surface area contributed by atoms with Gasteiger partial charge in [-0.15, -0.1) is 0 Å². The van der Waals surface area contributed by atoms with Crippen molar-refractivity contribution in [3.8, 4) is 17.3 Å². The minimum atomic E-state index is -1.21. The highest BCUT2D eigenvalue weighted by Crippen LogP contribution is 2.65. The zero-order valence-electron chi connectivity index (χ0n) is 19.5. The Morgan fingerprint density at radius 1 is 1.23 bits per heavy atom. The fourth-order valence-corrected chi connectivity index (χ4v) is 7.04.